The number of fused-ring (bicyclic) bond motifs is 1. The summed E-state index contributed by atoms with van der Waals surface area (Å²) in [4.78, 5) is 16.2. The average molecular weight is 351 g/mol. The van der Waals surface area contributed by atoms with Crippen LogP contribution in [0.2, 0.25) is 0 Å². The molecule has 3 aromatic rings. The van der Waals surface area contributed by atoms with Gasteiger partial charge < -0.3 is 20.1 Å². The quantitative estimate of drug-likeness (QED) is 0.372. The molecule has 3 aromatic carbocycles. The smallest absolute Gasteiger partial charge is 0.200 e. The van der Waals surface area contributed by atoms with E-state index in [9.17, 15) is 20.1 Å². The summed E-state index contributed by atoms with van der Waals surface area (Å²) in [6, 6.07) is 13.7. The van der Waals surface area contributed by atoms with E-state index >= 15 is 0 Å². The Morgan fingerprint density at radius 3 is 2.35 bits per heavy atom. The van der Waals surface area contributed by atoms with E-state index in [4.69, 9.17) is 4.74 Å². The van der Waals surface area contributed by atoms with Crippen molar-refractivity contribution in [3.8, 4) is 23.0 Å². The molecule has 0 radical (unpaired) electrons. The third-order valence-electron chi connectivity index (χ3n) is 3.94. The van der Waals surface area contributed by atoms with Gasteiger partial charge >= 0.3 is 0 Å². The topological polar surface area (TPSA) is 99.4 Å². The number of nitrogens with zero attached hydrogens (tertiary/aromatic N) is 1. The van der Waals surface area contributed by atoms with E-state index in [1.54, 1.807) is 13.3 Å². The first kappa shape index (κ1) is 17.3. The van der Waals surface area contributed by atoms with Crippen molar-refractivity contribution in [2.24, 2.45) is 4.99 Å². The summed E-state index contributed by atoms with van der Waals surface area (Å²) in [5.41, 5.74) is 0.910. The summed E-state index contributed by atoms with van der Waals surface area (Å²) in [7, 11) is 1.62. The first-order valence-corrected chi connectivity index (χ1v) is 7.83. The number of ketones is 1. The van der Waals surface area contributed by atoms with Crippen LogP contribution in [-0.2, 0) is 0 Å². The van der Waals surface area contributed by atoms with Gasteiger partial charge in [-0.05, 0) is 46.7 Å². The first-order chi connectivity index (χ1) is 12.5. The Kier molecular flexibility index (Phi) is 4.75. The highest BCUT2D eigenvalue weighted by Crippen LogP contribution is 2.35. The molecule has 0 aliphatic heterocycles. The Balaban J connectivity index is 1.74. The summed E-state index contributed by atoms with van der Waals surface area (Å²) in [6.07, 6.45) is 1.59. The molecule has 0 unspecified atom stereocenters. The van der Waals surface area contributed by atoms with E-state index in [0.717, 1.165) is 34.2 Å². The van der Waals surface area contributed by atoms with E-state index in [2.05, 4.69) is 4.99 Å². The Hall–Kier alpha value is -3.54. The van der Waals surface area contributed by atoms with Crippen molar-refractivity contribution >= 4 is 22.8 Å². The van der Waals surface area contributed by atoms with Crippen LogP contribution < -0.4 is 4.74 Å². The minimum absolute atomic E-state index is 0.0700. The second kappa shape index (κ2) is 7.14. The van der Waals surface area contributed by atoms with Crippen LogP contribution in [0.5, 0.6) is 23.0 Å². The van der Waals surface area contributed by atoms with E-state index < -0.39 is 23.0 Å². The number of phenols is 3. The third-order valence-corrected chi connectivity index (χ3v) is 3.94. The molecule has 0 saturated carbocycles. The van der Waals surface area contributed by atoms with Gasteiger partial charge in [-0.1, -0.05) is 18.2 Å². The van der Waals surface area contributed by atoms with Crippen molar-refractivity contribution in [3.05, 3.63) is 59.7 Å². The fourth-order valence-corrected chi connectivity index (χ4v) is 2.54. The van der Waals surface area contributed by atoms with Crippen LogP contribution in [0.1, 0.15) is 15.9 Å². The van der Waals surface area contributed by atoms with Crippen molar-refractivity contribution in [1.82, 2.24) is 0 Å². The second-order valence-electron chi connectivity index (χ2n) is 5.73. The number of hydrogen-bond donors (Lipinski definition) is 3. The predicted molar refractivity (Wildman–Crippen MR) is 98.7 cm³/mol. The van der Waals surface area contributed by atoms with Gasteiger partial charge in [0.25, 0.3) is 0 Å². The Labute approximate surface area is 149 Å². The molecule has 0 aliphatic rings. The van der Waals surface area contributed by atoms with Crippen LogP contribution in [0.25, 0.3) is 10.8 Å². The monoisotopic (exact) mass is 351 g/mol. The molecule has 6 heteroatoms. The summed E-state index contributed by atoms with van der Waals surface area (Å²) < 4.78 is 5.19. The summed E-state index contributed by atoms with van der Waals surface area (Å²) >= 11 is 0. The first-order valence-electron chi connectivity index (χ1n) is 7.83. The van der Waals surface area contributed by atoms with Crippen LogP contribution >= 0.6 is 0 Å². The van der Waals surface area contributed by atoms with Crippen molar-refractivity contribution in [2.75, 3.05) is 13.7 Å². The molecule has 0 saturated heterocycles. The second-order valence-corrected chi connectivity index (χ2v) is 5.73. The molecule has 0 aromatic heterocycles. The molecule has 3 N–H and O–H groups in total. The molecule has 0 fully saturated rings. The number of rotatable bonds is 5. The number of methoxy groups -OCH3 is 1. The highest BCUT2D eigenvalue weighted by atomic mass is 16.5. The lowest BCUT2D eigenvalue weighted by atomic mass is 10.1. The minimum Gasteiger partial charge on any atom is -0.504 e. The molecular formula is C20H17NO5. The number of aromatic hydroxyl groups is 3. The number of aliphatic imine (C=N–C) groups is 1. The molecule has 6 nitrogen and oxygen atoms in total. The van der Waals surface area contributed by atoms with Gasteiger partial charge in [0.05, 0.1) is 7.11 Å². The normalized spacial score (nSPS) is 11.1. The third kappa shape index (κ3) is 3.59. The fraction of sp³-hybridized carbons (Fsp3) is 0.100. The Morgan fingerprint density at radius 1 is 1.00 bits per heavy atom. The molecule has 0 heterocycles. The van der Waals surface area contributed by atoms with Gasteiger partial charge in [-0.25, -0.2) is 0 Å². The maximum Gasteiger partial charge on any atom is 0.200 e. The van der Waals surface area contributed by atoms with Gasteiger partial charge in [-0.2, -0.15) is 0 Å². The van der Waals surface area contributed by atoms with Crippen molar-refractivity contribution < 1.29 is 24.9 Å². The number of hydrogen-bond acceptors (Lipinski definition) is 6. The fourth-order valence-electron chi connectivity index (χ4n) is 2.54. The van der Waals surface area contributed by atoms with E-state index in [-0.39, 0.29) is 12.1 Å². The maximum absolute atomic E-state index is 12.1. The van der Waals surface area contributed by atoms with Crippen LogP contribution in [0.15, 0.2) is 53.5 Å². The Morgan fingerprint density at radius 2 is 1.65 bits per heavy atom. The zero-order valence-electron chi connectivity index (χ0n) is 14.0. The lowest BCUT2D eigenvalue weighted by Gasteiger charge is -2.04. The summed E-state index contributed by atoms with van der Waals surface area (Å²) in [5.74, 6) is -1.37. The van der Waals surface area contributed by atoms with Gasteiger partial charge in [-0.15, -0.1) is 0 Å². The lowest BCUT2D eigenvalue weighted by Crippen LogP contribution is -2.03. The number of ether oxygens (including phenoxy) is 1. The number of carbonyl (C=O) groups excluding carboxylic acids is 1. The SMILES string of the molecule is COc1ccc2cc(C=NCC(=O)c3cc(O)c(O)c(O)c3)ccc2c1. The molecule has 0 atom stereocenters. The number of benzene rings is 3. The van der Waals surface area contributed by atoms with Crippen LogP contribution in [0, 0.1) is 0 Å². The highest BCUT2D eigenvalue weighted by Gasteiger charge is 2.12. The van der Waals surface area contributed by atoms with Crippen LogP contribution in [0.3, 0.4) is 0 Å². The van der Waals surface area contributed by atoms with Gasteiger partial charge in [0.2, 0.25) is 0 Å². The molecule has 0 spiro atoms. The minimum atomic E-state index is -0.655. The Bertz CT molecular complexity index is 987. The standard InChI is InChI=1S/C20H17NO5/c1-26-16-5-4-13-6-12(2-3-14(13)7-16)10-21-11-19(24)15-8-17(22)20(25)18(23)9-15/h2-10,22-23,25H,11H2,1H3. The zero-order chi connectivity index (χ0) is 18.7. The molecule has 0 aliphatic carbocycles. The summed E-state index contributed by atoms with van der Waals surface area (Å²) in [5, 5.41) is 30.3. The van der Waals surface area contributed by atoms with E-state index in [1.165, 1.54) is 0 Å². The molecule has 0 amide bonds. The zero-order valence-corrected chi connectivity index (χ0v) is 14.0. The van der Waals surface area contributed by atoms with E-state index in [0.29, 0.717) is 0 Å². The predicted octanol–water partition coefficient (Wildman–Crippen LogP) is 3.27. The van der Waals surface area contributed by atoms with E-state index in [1.807, 2.05) is 36.4 Å². The molecular weight excluding hydrogens is 334 g/mol. The lowest BCUT2D eigenvalue weighted by molar-refractivity contribution is 0.100. The van der Waals surface area contributed by atoms with Crippen molar-refractivity contribution in [3.63, 3.8) is 0 Å². The number of phenolic OH excluding ortho intramolecular Hbond substituents is 3. The maximum atomic E-state index is 12.1. The van der Waals surface area contributed by atoms with Crippen molar-refractivity contribution in [2.45, 2.75) is 0 Å². The molecule has 132 valence electrons. The van der Waals surface area contributed by atoms with Gasteiger partial charge in [0, 0.05) is 11.8 Å². The van der Waals surface area contributed by atoms with Gasteiger partial charge in [0.1, 0.15) is 12.3 Å². The van der Waals surface area contributed by atoms with Gasteiger partial charge in [0.15, 0.2) is 23.0 Å². The van der Waals surface area contributed by atoms with Crippen molar-refractivity contribution in [1.29, 1.82) is 0 Å². The largest absolute Gasteiger partial charge is 0.504 e. The highest BCUT2D eigenvalue weighted by molar-refractivity contribution is 6.00. The molecule has 3 rings (SSSR count). The van der Waals surface area contributed by atoms with Gasteiger partial charge in [-0.3, -0.25) is 9.79 Å². The summed E-state index contributed by atoms with van der Waals surface area (Å²) in [6.45, 7) is -0.149. The molecule has 0 bridgehead atoms. The number of carbonyl (C=O) groups is 1. The molecule has 26 heavy (non-hydrogen) atoms. The number of Topliss-reactive ketones (excluding diaryl/α,β-unsaturated/α-hetero) is 1. The van der Waals surface area contributed by atoms with Crippen LogP contribution in [-0.4, -0.2) is 41.0 Å². The van der Waals surface area contributed by atoms with Crippen LogP contribution in [0.4, 0.5) is 0 Å². The average Bonchev–Trinajstić information content (AvgIpc) is 2.65.